The van der Waals surface area contributed by atoms with Crippen LogP contribution in [0.15, 0.2) is 50.8 Å². The summed E-state index contributed by atoms with van der Waals surface area (Å²) in [6.45, 7) is 9.36. The topological polar surface area (TPSA) is 63.3 Å². The van der Waals surface area contributed by atoms with E-state index in [0.29, 0.717) is 16.3 Å². The van der Waals surface area contributed by atoms with E-state index in [9.17, 15) is 23.1 Å². The second kappa shape index (κ2) is 8.65. The van der Waals surface area contributed by atoms with Gasteiger partial charge in [-0.1, -0.05) is 31.5 Å². The van der Waals surface area contributed by atoms with Crippen LogP contribution in [0.3, 0.4) is 0 Å². The van der Waals surface area contributed by atoms with Crippen LogP contribution in [0, 0.1) is 20.8 Å². The SMILES string of the molecule is Cc1cc(C)c(-c2c(O)cc(C(C)(C)CSc3ccc(C(F)(F)F)cn3)oc2=O)c(C)c1. The summed E-state index contributed by atoms with van der Waals surface area (Å²) in [5.74, 6) is 0.484. The van der Waals surface area contributed by atoms with Crippen LogP contribution < -0.4 is 5.63 Å². The van der Waals surface area contributed by atoms with Crippen LogP contribution in [0.25, 0.3) is 11.1 Å². The molecule has 32 heavy (non-hydrogen) atoms. The Morgan fingerprint density at radius 2 is 1.66 bits per heavy atom. The summed E-state index contributed by atoms with van der Waals surface area (Å²) in [6, 6.07) is 7.61. The molecule has 0 aliphatic carbocycles. The van der Waals surface area contributed by atoms with Gasteiger partial charge in [0.2, 0.25) is 0 Å². The largest absolute Gasteiger partial charge is 0.507 e. The molecule has 0 aliphatic heterocycles. The van der Waals surface area contributed by atoms with Gasteiger partial charge in [0, 0.05) is 23.4 Å². The molecule has 170 valence electrons. The number of aromatic hydroxyl groups is 1. The molecule has 3 aromatic rings. The zero-order valence-electron chi connectivity index (χ0n) is 18.4. The molecule has 0 amide bonds. The summed E-state index contributed by atoms with van der Waals surface area (Å²) in [7, 11) is 0. The first-order valence-electron chi connectivity index (χ1n) is 9.91. The Kier molecular flexibility index (Phi) is 6.47. The number of alkyl halides is 3. The van der Waals surface area contributed by atoms with Crippen molar-refractivity contribution in [3.63, 3.8) is 0 Å². The van der Waals surface area contributed by atoms with E-state index in [4.69, 9.17) is 4.42 Å². The Hall–Kier alpha value is -2.74. The molecule has 1 N–H and O–H groups in total. The van der Waals surface area contributed by atoms with Crippen molar-refractivity contribution in [1.82, 2.24) is 4.98 Å². The minimum atomic E-state index is -4.44. The molecule has 0 spiro atoms. The maximum atomic E-state index is 12.9. The molecule has 0 radical (unpaired) electrons. The number of hydrogen-bond acceptors (Lipinski definition) is 5. The Morgan fingerprint density at radius 3 is 2.16 bits per heavy atom. The highest BCUT2D eigenvalue weighted by atomic mass is 32.2. The van der Waals surface area contributed by atoms with Crippen molar-refractivity contribution >= 4 is 11.8 Å². The lowest BCUT2D eigenvalue weighted by molar-refractivity contribution is -0.137. The number of nitrogens with zero attached hydrogens (tertiary/aromatic N) is 1. The van der Waals surface area contributed by atoms with Crippen molar-refractivity contribution in [2.45, 2.75) is 51.2 Å². The number of aromatic nitrogens is 1. The fourth-order valence-corrected chi connectivity index (χ4v) is 4.52. The first kappa shape index (κ1) is 23.9. The van der Waals surface area contributed by atoms with Gasteiger partial charge in [-0.05, 0) is 49.6 Å². The van der Waals surface area contributed by atoms with Gasteiger partial charge in [-0.3, -0.25) is 0 Å². The average Bonchev–Trinajstić information content (AvgIpc) is 2.67. The molecule has 0 unspecified atom stereocenters. The summed E-state index contributed by atoms with van der Waals surface area (Å²) in [6.07, 6.45) is -3.64. The van der Waals surface area contributed by atoms with Gasteiger partial charge in [-0.25, -0.2) is 9.78 Å². The lowest BCUT2D eigenvalue weighted by Gasteiger charge is -2.23. The minimum absolute atomic E-state index is 0.122. The van der Waals surface area contributed by atoms with E-state index in [1.807, 2.05) is 46.8 Å². The summed E-state index contributed by atoms with van der Waals surface area (Å²) >= 11 is 1.24. The van der Waals surface area contributed by atoms with E-state index in [1.54, 1.807) is 0 Å². The lowest BCUT2D eigenvalue weighted by Crippen LogP contribution is -2.23. The van der Waals surface area contributed by atoms with Gasteiger partial charge in [-0.2, -0.15) is 13.2 Å². The molecule has 2 aromatic heterocycles. The lowest BCUT2D eigenvalue weighted by atomic mass is 9.90. The van der Waals surface area contributed by atoms with Crippen molar-refractivity contribution in [2.24, 2.45) is 0 Å². The normalized spacial score (nSPS) is 12.2. The molecular weight excluding hydrogens is 439 g/mol. The molecule has 0 saturated carbocycles. The number of halogens is 3. The predicted octanol–water partition coefficient (Wildman–Crippen LogP) is 6.42. The number of aryl methyl sites for hydroxylation is 3. The van der Waals surface area contributed by atoms with Crippen LogP contribution in [-0.2, 0) is 11.6 Å². The Bertz CT molecular complexity index is 1180. The first-order valence-corrected chi connectivity index (χ1v) is 10.9. The number of rotatable bonds is 5. The van der Waals surface area contributed by atoms with Gasteiger partial charge < -0.3 is 9.52 Å². The van der Waals surface area contributed by atoms with Crippen molar-refractivity contribution < 1.29 is 22.7 Å². The van der Waals surface area contributed by atoms with Gasteiger partial charge in [0.25, 0.3) is 0 Å². The molecule has 4 nitrogen and oxygen atoms in total. The molecule has 8 heteroatoms. The smallest absolute Gasteiger partial charge is 0.417 e. The van der Waals surface area contributed by atoms with E-state index in [2.05, 4.69) is 4.98 Å². The van der Waals surface area contributed by atoms with Crippen molar-refractivity contribution in [3.05, 3.63) is 75.0 Å². The Labute approximate surface area is 188 Å². The molecule has 3 rings (SSSR count). The molecule has 0 bridgehead atoms. The zero-order valence-corrected chi connectivity index (χ0v) is 19.2. The van der Waals surface area contributed by atoms with Crippen LogP contribution in [0.1, 0.15) is 41.9 Å². The van der Waals surface area contributed by atoms with Gasteiger partial charge in [0.1, 0.15) is 17.1 Å². The van der Waals surface area contributed by atoms with Gasteiger partial charge in [0.05, 0.1) is 10.6 Å². The summed E-state index contributed by atoms with van der Waals surface area (Å²) in [4.78, 5) is 16.7. The summed E-state index contributed by atoms with van der Waals surface area (Å²) < 4.78 is 43.7. The second-order valence-electron chi connectivity index (χ2n) is 8.49. The Morgan fingerprint density at radius 1 is 1.03 bits per heavy atom. The first-order chi connectivity index (χ1) is 14.8. The van der Waals surface area contributed by atoms with Crippen molar-refractivity contribution in [2.75, 3.05) is 5.75 Å². The molecule has 2 heterocycles. The highest BCUT2D eigenvalue weighted by Gasteiger charge is 2.31. The standard InChI is InChI=1S/C24H24F3NO3S/c1-13-8-14(2)20(15(3)9-13)21-17(29)10-18(31-22(21)30)23(4,5)12-32-19-7-6-16(11-28-19)24(25,26)27/h6-11,29H,12H2,1-5H3. The number of hydrogen-bond donors (Lipinski definition) is 1. The second-order valence-corrected chi connectivity index (χ2v) is 9.48. The van der Waals surface area contributed by atoms with Crippen LogP contribution >= 0.6 is 11.8 Å². The molecular formula is C24H24F3NO3S. The fraction of sp³-hybridized carbons (Fsp3) is 0.333. The van der Waals surface area contributed by atoms with Crippen LogP contribution in [0.2, 0.25) is 0 Å². The Balaban J connectivity index is 1.87. The summed E-state index contributed by atoms with van der Waals surface area (Å²) in [5, 5.41) is 11.1. The van der Waals surface area contributed by atoms with E-state index < -0.39 is 22.8 Å². The van der Waals surface area contributed by atoms with E-state index in [-0.39, 0.29) is 17.1 Å². The molecule has 1 aromatic carbocycles. The third-order valence-electron chi connectivity index (χ3n) is 5.17. The number of benzene rings is 1. The molecule has 0 aliphatic rings. The predicted molar refractivity (Wildman–Crippen MR) is 119 cm³/mol. The maximum absolute atomic E-state index is 12.9. The monoisotopic (exact) mass is 463 g/mol. The maximum Gasteiger partial charge on any atom is 0.417 e. The van der Waals surface area contributed by atoms with Gasteiger partial charge >= 0.3 is 11.8 Å². The average molecular weight is 464 g/mol. The van der Waals surface area contributed by atoms with E-state index >= 15 is 0 Å². The number of thioether (sulfide) groups is 1. The van der Waals surface area contributed by atoms with Crippen molar-refractivity contribution in [3.8, 4) is 16.9 Å². The van der Waals surface area contributed by atoms with Gasteiger partial charge in [-0.15, -0.1) is 11.8 Å². The number of pyridine rings is 1. The third kappa shape index (κ3) is 5.01. The zero-order chi connectivity index (χ0) is 23.8. The quantitative estimate of drug-likeness (QED) is 0.442. The highest BCUT2D eigenvalue weighted by molar-refractivity contribution is 7.99. The summed E-state index contributed by atoms with van der Waals surface area (Å²) in [5.41, 5.74) is 1.41. The van der Waals surface area contributed by atoms with E-state index in [1.165, 1.54) is 23.9 Å². The molecule has 0 atom stereocenters. The fourth-order valence-electron chi connectivity index (χ4n) is 3.58. The third-order valence-corrected chi connectivity index (χ3v) is 6.57. The van der Waals surface area contributed by atoms with E-state index in [0.717, 1.165) is 29.0 Å². The van der Waals surface area contributed by atoms with Gasteiger partial charge in [0.15, 0.2) is 0 Å². The molecule has 0 saturated heterocycles. The van der Waals surface area contributed by atoms with Crippen LogP contribution in [-0.4, -0.2) is 15.8 Å². The van der Waals surface area contributed by atoms with Crippen LogP contribution in [0.4, 0.5) is 13.2 Å². The van der Waals surface area contributed by atoms with Crippen LogP contribution in [0.5, 0.6) is 5.75 Å². The van der Waals surface area contributed by atoms with Crippen molar-refractivity contribution in [1.29, 1.82) is 0 Å². The highest BCUT2D eigenvalue weighted by Crippen LogP contribution is 2.37. The molecule has 0 fully saturated rings. The minimum Gasteiger partial charge on any atom is -0.507 e.